The molecule has 1 aromatic heterocycles. The number of fused-ring (bicyclic) bond motifs is 2. The normalized spacial score (nSPS) is 27.2. The van der Waals surface area contributed by atoms with Crippen LogP contribution in [0.5, 0.6) is 0 Å². The molecule has 2 bridgehead atoms. The maximum absolute atomic E-state index is 12.1. The molecule has 1 amide bonds. The van der Waals surface area contributed by atoms with Crippen molar-refractivity contribution >= 4 is 29.0 Å². The van der Waals surface area contributed by atoms with Crippen molar-refractivity contribution in [2.24, 2.45) is 11.3 Å². The largest absolute Gasteiger partial charge is 0.351 e. The van der Waals surface area contributed by atoms with E-state index in [1.54, 1.807) is 18.0 Å². The standard InChI is InChI=1S/C16H24N2OS2/c1-2-20-15-18-11-13(21-15)14(19)17-9-3-6-16-7-4-12(10-16)5-8-16/h11-12H,2-10H2,1H3,(H,17,19). The van der Waals surface area contributed by atoms with Crippen molar-refractivity contribution in [1.82, 2.24) is 10.3 Å². The van der Waals surface area contributed by atoms with Gasteiger partial charge in [-0.2, -0.15) is 0 Å². The fourth-order valence-corrected chi connectivity index (χ4v) is 5.76. The zero-order valence-corrected chi connectivity index (χ0v) is 14.3. The predicted octanol–water partition coefficient (Wildman–Crippen LogP) is 4.35. The average molecular weight is 325 g/mol. The van der Waals surface area contributed by atoms with Crippen molar-refractivity contribution < 1.29 is 4.79 Å². The minimum Gasteiger partial charge on any atom is -0.351 e. The molecule has 0 saturated heterocycles. The van der Waals surface area contributed by atoms with Crippen LogP contribution in [-0.2, 0) is 0 Å². The number of nitrogens with one attached hydrogen (secondary N) is 1. The number of nitrogens with zero attached hydrogens (tertiary/aromatic N) is 1. The molecule has 0 atom stereocenters. The highest BCUT2D eigenvalue weighted by Crippen LogP contribution is 2.56. The Bertz CT molecular complexity index is 492. The third-order valence-corrected chi connectivity index (χ3v) is 7.07. The third kappa shape index (κ3) is 3.62. The number of carbonyl (C=O) groups excluding carboxylic acids is 1. The fourth-order valence-electron chi connectivity index (χ4n) is 3.97. The summed E-state index contributed by atoms with van der Waals surface area (Å²) in [6.45, 7) is 2.90. The molecule has 1 N–H and O–H groups in total. The summed E-state index contributed by atoms with van der Waals surface area (Å²) in [5.41, 5.74) is 0.644. The zero-order chi connectivity index (χ0) is 14.7. The summed E-state index contributed by atoms with van der Waals surface area (Å²) < 4.78 is 0.990. The Hall–Kier alpha value is -0.550. The Morgan fingerprint density at radius 1 is 1.52 bits per heavy atom. The molecule has 3 rings (SSSR count). The van der Waals surface area contributed by atoms with Gasteiger partial charge >= 0.3 is 0 Å². The van der Waals surface area contributed by atoms with Crippen LogP contribution in [-0.4, -0.2) is 23.2 Å². The number of hydrogen-bond donors (Lipinski definition) is 1. The Morgan fingerprint density at radius 2 is 2.33 bits per heavy atom. The van der Waals surface area contributed by atoms with Gasteiger partial charge in [0.05, 0.1) is 6.20 Å². The number of aromatic nitrogens is 1. The minimum absolute atomic E-state index is 0.0451. The van der Waals surface area contributed by atoms with E-state index in [4.69, 9.17) is 0 Å². The van der Waals surface area contributed by atoms with Crippen molar-refractivity contribution in [1.29, 1.82) is 0 Å². The van der Waals surface area contributed by atoms with Gasteiger partial charge in [0.25, 0.3) is 5.91 Å². The number of carbonyl (C=O) groups is 1. The number of thioether (sulfide) groups is 1. The summed E-state index contributed by atoms with van der Waals surface area (Å²) in [6.07, 6.45) is 11.3. The van der Waals surface area contributed by atoms with Crippen molar-refractivity contribution in [2.45, 2.75) is 56.2 Å². The first-order valence-electron chi connectivity index (χ1n) is 8.08. The minimum atomic E-state index is 0.0451. The van der Waals surface area contributed by atoms with Crippen molar-refractivity contribution in [3.8, 4) is 0 Å². The molecule has 0 unspecified atom stereocenters. The molecule has 0 aliphatic heterocycles. The molecule has 1 aromatic rings. The van der Waals surface area contributed by atoms with Gasteiger partial charge in [-0.05, 0) is 62.0 Å². The molecular formula is C16H24N2OS2. The van der Waals surface area contributed by atoms with Crippen LogP contribution >= 0.6 is 23.1 Å². The van der Waals surface area contributed by atoms with Crippen LogP contribution in [0.3, 0.4) is 0 Å². The maximum Gasteiger partial charge on any atom is 0.263 e. The molecule has 0 aromatic carbocycles. The van der Waals surface area contributed by atoms with Crippen LogP contribution in [0.25, 0.3) is 0 Å². The van der Waals surface area contributed by atoms with Crippen LogP contribution in [0.4, 0.5) is 0 Å². The number of thiazole rings is 1. The van der Waals surface area contributed by atoms with Crippen molar-refractivity contribution in [3.05, 3.63) is 11.1 Å². The first-order valence-corrected chi connectivity index (χ1v) is 9.88. The molecule has 2 aliphatic rings. The maximum atomic E-state index is 12.1. The van der Waals surface area contributed by atoms with Gasteiger partial charge in [0, 0.05) is 6.54 Å². The quantitative estimate of drug-likeness (QED) is 0.599. The third-order valence-electron chi connectivity index (χ3n) is 5.03. The van der Waals surface area contributed by atoms with Gasteiger partial charge in [-0.25, -0.2) is 4.98 Å². The van der Waals surface area contributed by atoms with Crippen LogP contribution in [0.2, 0.25) is 0 Å². The lowest BCUT2D eigenvalue weighted by Crippen LogP contribution is -2.25. The molecular weight excluding hydrogens is 300 g/mol. The van der Waals surface area contributed by atoms with Gasteiger partial charge in [-0.1, -0.05) is 18.7 Å². The molecule has 3 nitrogen and oxygen atoms in total. The highest BCUT2D eigenvalue weighted by molar-refractivity contribution is 8.01. The molecule has 2 aliphatic carbocycles. The van der Waals surface area contributed by atoms with Gasteiger partial charge in [0.2, 0.25) is 0 Å². The second-order valence-corrected chi connectivity index (χ2v) is 8.97. The van der Waals surface area contributed by atoms with Gasteiger partial charge < -0.3 is 5.32 Å². The zero-order valence-electron chi connectivity index (χ0n) is 12.7. The SMILES string of the molecule is CCSc1ncc(C(=O)NCCCC23CCC(CC2)C3)s1. The topological polar surface area (TPSA) is 42.0 Å². The van der Waals surface area contributed by atoms with Gasteiger partial charge in [0.1, 0.15) is 4.88 Å². The Labute approximate surface area is 135 Å². The van der Waals surface area contributed by atoms with Crippen LogP contribution < -0.4 is 5.32 Å². The summed E-state index contributed by atoms with van der Waals surface area (Å²) in [5, 5.41) is 3.06. The lowest BCUT2D eigenvalue weighted by atomic mass is 9.80. The summed E-state index contributed by atoms with van der Waals surface area (Å²) in [7, 11) is 0. The number of amides is 1. The van der Waals surface area contributed by atoms with Gasteiger partial charge in [0.15, 0.2) is 4.34 Å². The molecule has 0 spiro atoms. The second kappa shape index (κ2) is 6.69. The Kier molecular flexibility index (Phi) is 4.89. The Morgan fingerprint density at radius 3 is 3.00 bits per heavy atom. The number of rotatable bonds is 7. The first-order chi connectivity index (χ1) is 10.2. The highest BCUT2D eigenvalue weighted by Gasteiger charge is 2.43. The molecule has 0 radical (unpaired) electrons. The predicted molar refractivity (Wildman–Crippen MR) is 89.1 cm³/mol. The summed E-state index contributed by atoms with van der Waals surface area (Å²) in [4.78, 5) is 17.1. The molecule has 116 valence electrons. The van der Waals surface area contributed by atoms with E-state index in [0.717, 1.165) is 33.9 Å². The van der Waals surface area contributed by atoms with Crippen LogP contribution in [0.15, 0.2) is 10.5 Å². The highest BCUT2D eigenvalue weighted by atomic mass is 32.2. The van der Waals surface area contributed by atoms with E-state index in [9.17, 15) is 4.79 Å². The second-order valence-electron chi connectivity index (χ2n) is 6.43. The van der Waals surface area contributed by atoms with E-state index in [1.807, 2.05) is 0 Å². The molecule has 1 heterocycles. The van der Waals surface area contributed by atoms with E-state index < -0.39 is 0 Å². The van der Waals surface area contributed by atoms with E-state index in [2.05, 4.69) is 17.2 Å². The number of hydrogen-bond acceptors (Lipinski definition) is 4. The van der Waals surface area contributed by atoms with E-state index in [-0.39, 0.29) is 5.91 Å². The summed E-state index contributed by atoms with van der Waals surface area (Å²) in [5.74, 6) is 2.06. The van der Waals surface area contributed by atoms with E-state index >= 15 is 0 Å². The van der Waals surface area contributed by atoms with Gasteiger partial charge in [-0.3, -0.25) is 4.79 Å². The monoisotopic (exact) mass is 324 g/mol. The average Bonchev–Trinajstić information content (AvgIpc) is 3.19. The molecule has 21 heavy (non-hydrogen) atoms. The van der Waals surface area contributed by atoms with Crippen molar-refractivity contribution in [2.75, 3.05) is 12.3 Å². The summed E-state index contributed by atoms with van der Waals surface area (Å²) >= 11 is 3.19. The summed E-state index contributed by atoms with van der Waals surface area (Å²) in [6, 6.07) is 0. The first kappa shape index (κ1) is 15.3. The smallest absolute Gasteiger partial charge is 0.263 e. The van der Waals surface area contributed by atoms with Crippen LogP contribution in [0.1, 0.15) is 61.5 Å². The van der Waals surface area contributed by atoms with Gasteiger partial charge in [-0.15, -0.1) is 11.3 Å². The molecule has 2 saturated carbocycles. The van der Waals surface area contributed by atoms with Crippen LogP contribution in [0, 0.1) is 11.3 Å². The lowest BCUT2D eigenvalue weighted by Gasteiger charge is -2.26. The fraction of sp³-hybridized carbons (Fsp3) is 0.750. The molecule has 2 fully saturated rings. The molecule has 5 heteroatoms. The van der Waals surface area contributed by atoms with Crippen molar-refractivity contribution in [3.63, 3.8) is 0 Å². The van der Waals surface area contributed by atoms with E-state index in [0.29, 0.717) is 5.41 Å². The lowest BCUT2D eigenvalue weighted by molar-refractivity contribution is 0.0954. The Balaban J connectivity index is 1.39. The van der Waals surface area contributed by atoms with E-state index in [1.165, 1.54) is 49.9 Å².